The highest BCUT2D eigenvalue weighted by atomic mass is 15.1. The molecule has 0 aromatic carbocycles. The molecule has 4 heteroatoms. The second kappa shape index (κ2) is 4.85. The van der Waals surface area contributed by atoms with Gasteiger partial charge in [0.15, 0.2) is 0 Å². The van der Waals surface area contributed by atoms with Crippen molar-refractivity contribution in [2.75, 3.05) is 0 Å². The van der Waals surface area contributed by atoms with E-state index in [-0.39, 0.29) is 6.04 Å². The molecule has 106 valence electrons. The maximum atomic E-state index is 6.45. The molecular formula is C16H22N4. The van der Waals surface area contributed by atoms with Gasteiger partial charge >= 0.3 is 0 Å². The summed E-state index contributed by atoms with van der Waals surface area (Å²) in [5, 5.41) is 0. The average molecular weight is 270 g/mol. The molecule has 2 heterocycles. The van der Waals surface area contributed by atoms with Crippen LogP contribution in [0.25, 0.3) is 11.0 Å². The summed E-state index contributed by atoms with van der Waals surface area (Å²) in [4.78, 5) is 9.13. The van der Waals surface area contributed by atoms with E-state index in [9.17, 15) is 0 Å². The summed E-state index contributed by atoms with van der Waals surface area (Å²) in [6.45, 7) is 0. The van der Waals surface area contributed by atoms with E-state index in [1.807, 2.05) is 12.4 Å². The standard InChI is InChI=1S/C16H22N4/c17-13-5-3-1-2-4-12(13)16-19-14-10-18-9-8-15(14)20(16)11-6-7-11/h8-13H,1-7,17H2. The summed E-state index contributed by atoms with van der Waals surface area (Å²) in [5.74, 6) is 1.65. The Morgan fingerprint density at radius 1 is 1.10 bits per heavy atom. The maximum Gasteiger partial charge on any atom is 0.114 e. The molecule has 4 nitrogen and oxygen atoms in total. The van der Waals surface area contributed by atoms with E-state index in [4.69, 9.17) is 10.7 Å². The molecule has 0 radical (unpaired) electrons. The molecule has 0 aliphatic heterocycles. The lowest BCUT2D eigenvalue weighted by Gasteiger charge is -2.22. The highest BCUT2D eigenvalue weighted by Crippen LogP contribution is 2.42. The van der Waals surface area contributed by atoms with Crippen molar-refractivity contribution < 1.29 is 0 Å². The molecule has 2 N–H and O–H groups in total. The van der Waals surface area contributed by atoms with Crippen molar-refractivity contribution >= 4 is 11.0 Å². The van der Waals surface area contributed by atoms with Crippen LogP contribution in [-0.2, 0) is 0 Å². The first kappa shape index (κ1) is 12.3. The molecule has 0 amide bonds. The van der Waals surface area contributed by atoms with Crippen LogP contribution in [0.2, 0.25) is 0 Å². The lowest BCUT2D eigenvalue weighted by atomic mass is 9.94. The van der Waals surface area contributed by atoms with Crippen molar-refractivity contribution in [1.29, 1.82) is 0 Å². The Hall–Kier alpha value is -1.42. The van der Waals surface area contributed by atoms with Crippen molar-refractivity contribution in [1.82, 2.24) is 14.5 Å². The van der Waals surface area contributed by atoms with Gasteiger partial charge in [0.25, 0.3) is 0 Å². The summed E-state index contributed by atoms with van der Waals surface area (Å²) >= 11 is 0. The lowest BCUT2D eigenvalue weighted by molar-refractivity contribution is 0.465. The van der Waals surface area contributed by atoms with E-state index >= 15 is 0 Å². The zero-order valence-electron chi connectivity index (χ0n) is 11.8. The minimum absolute atomic E-state index is 0.264. The third kappa shape index (κ3) is 2.03. The molecule has 2 aromatic rings. The van der Waals surface area contributed by atoms with Crippen LogP contribution >= 0.6 is 0 Å². The number of nitrogens with zero attached hydrogens (tertiary/aromatic N) is 3. The summed E-state index contributed by atoms with van der Waals surface area (Å²) in [6, 6.07) is 3.01. The van der Waals surface area contributed by atoms with Crippen molar-refractivity contribution in [3.8, 4) is 0 Å². The first-order chi connectivity index (χ1) is 9.84. The van der Waals surface area contributed by atoms with Crippen LogP contribution in [0.15, 0.2) is 18.5 Å². The van der Waals surface area contributed by atoms with Crippen molar-refractivity contribution in [3.63, 3.8) is 0 Å². The number of pyridine rings is 1. The predicted octanol–water partition coefficient (Wildman–Crippen LogP) is 3.14. The van der Waals surface area contributed by atoms with Gasteiger partial charge in [-0.25, -0.2) is 4.98 Å². The molecule has 2 saturated carbocycles. The maximum absolute atomic E-state index is 6.45. The van der Waals surface area contributed by atoms with Gasteiger partial charge in [-0.3, -0.25) is 4.98 Å². The summed E-state index contributed by atoms with van der Waals surface area (Å²) < 4.78 is 2.47. The Kier molecular flexibility index (Phi) is 2.99. The number of rotatable bonds is 2. The number of aromatic nitrogens is 3. The molecule has 2 aromatic heterocycles. The summed E-state index contributed by atoms with van der Waals surface area (Å²) in [7, 11) is 0. The molecule has 0 spiro atoms. The molecule has 2 fully saturated rings. The van der Waals surface area contributed by atoms with Crippen LogP contribution in [-0.4, -0.2) is 20.6 Å². The van der Waals surface area contributed by atoms with E-state index in [1.54, 1.807) is 0 Å². The fraction of sp³-hybridized carbons (Fsp3) is 0.625. The normalized spacial score (nSPS) is 27.6. The van der Waals surface area contributed by atoms with Gasteiger partial charge < -0.3 is 10.3 Å². The van der Waals surface area contributed by atoms with Crippen molar-refractivity contribution in [2.24, 2.45) is 5.73 Å². The van der Waals surface area contributed by atoms with Crippen molar-refractivity contribution in [3.05, 3.63) is 24.3 Å². The molecule has 2 aliphatic rings. The Balaban J connectivity index is 1.83. The smallest absolute Gasteiger partial charge is 0.114 e. The van der Waals surface area contributed by atoms with Gasteiger partial charge in [0.05, 0.1) is 11.7 Å². The second-order valence-electron chi connectivity index (χ2n) is 6.34. The van der Waals surface area contributed by atoms with Gasteiger partial charge in [0.2, 0.25) is 0 Å². The minimum Gasteiger partial charge on any atom is -0.327 e. The third-order valence-corrected chi connectivity index (χ3v) is 4.83. The first-order valence-electron chi connectivity index (χ1n) is 7.92. The predicted molar refractivity (Wildman–Crippen MR) is 79.6 cm³/mol. The van der Waals surface area contributed by atoms with Crippen LogP contribution in [0.1, 0.15) is 62.7 Å². The molecule has 20 heavy (non-hydrogen) atoms. The van der Waals surface area contributed by atoms with Gasteiger partial charge in [0, 0.05) is 24.2 Å². The van der Waals surface area contributed by atoms with Gasteiger partial charge in [-0.1, -0.05) is 19.3 Å². The van der Waals surface area contributed by atoms with E-state index in [0.29, 0.717) is 12.0 Å². The number of nitrogens with two attached hydrogens (primary N) is 1. The molecule has 2 aliphatic carbocycles. The highest BCUT2D eigenvalue weighted by molar-refractivity contribution is 5.75. The third-order valence-electron chi connectivity index (χ3n) is 4.83. The van der Waals surface area contributed by atoms with Crippen LogP contribution in [0.5, 0.6) is 0 Å². The van der Waals surface area contributed by atoms with Gasteiger partial charge in [-0.05, 0) is 31.7 Å². The fourth-order valence-electron chi connectivity index (χ4n) is 3.60. The van der Waals surface area contributed by atoms with E-state index in [0.717, 1.165) is 11.9 Å². The largest absolute Gasteiger partial charge is 0.327 e. The first-order valence-corrected chi connectivity index (χ1v) is 7.92. The Morgan fingerprint density at radius 2 is 1.95 bits per heavy atom. The average Bonchev–Trinajstić information content (AvgIpc) is 3.25. The van der Waals surface area contributed by atoms with E-state index < -0.39 is 0 Å². The quantitative estimate of drug-likeness (QED) is 0.853. The fourth-order valence-corrected chi connectivity index (χ4v) is 3.60. The number of imidazole rings is 1. The molecule has 2 unspecified atom stereocenters. The zero-order chi connectivity index (χ0) is 13.5. The minimum atomic E-state index is 0.264. The van der Waals surface area contributed by atoms with Gasteiger partial charge in [-0.2, -0.15) is 0 Å². The summed E-state index contributed by atoms with van der Waals surface area (Å²) in [5.41, 5.74) is 8.73. The van der Waals surface area contributed by atoms with E-state index in [2.05, 4.69) is 15.6 Å². The second-order valence-corrected chi connectivity index (χ2v) is 6.34. The van der Waals surface area contributed by atoms with Gasteiger partial charge in [0.1, 0.15) is 11.3 Å². The monoisotopic (exact) mass is 270 g/mol. The Bertz CT molecular complexity index is 614. The van der Waals surface area contributed by atoms with E-state index in [1.165, 1.54) is 49.9 Å². The van der Waals surface area contributed by atoms with Crippen LogP contribution in [0.3, 0.4) is 0 Å². The highest BCUT2D eigenvalue weighted by Gasteiger charge is 2.33. The van der Waals surface area contributed by atoms with Crippen LogP contribution in [0, 0.1) is 0 Å². The number of hydrogen-bond acceptors (Lipinski definition) is 3. The van der Waals surface area contributed by atoms with Crippen LogP contribution < -0.4 is 5.73 Å². The number of fused-ring (bicyclic) bond motifs is 1. The van der Waals surface area contributed by atoms with Crippen molar-refractivity contribution in [2.45, 2.75) is 62.9 Å². The topological polar surface area (TPSA) is 56.7 Å². The molecule has 0 bridgehead atoms. The molecule has 4 rings (SSSR count). The Labute approximate surface area is 119 Å². The van der Waals surface area contributed by atoms with Crippen LogP contribution in [0.4, 0.5) is 0 Å². The molecular weight excluding hydrogens is 248 g/mol. The Morgan fingerprint density at radius 3 is 2.80 bits per heavy atom. The number of hydrogen-bond donors (Lipinski definition) is 1. The SMILES string of the molecule is NC1CCCCCC1c1nc2cnccc2n1C1CC1. The molecule has 2 atom stereocenters. The molecule has 0 saturated heterocycles. The zero-order valence-corrected chi connectivity index (χ0v) is 11.8. The summed E-state index contributed by atoms with van der Waals surface area (Å²) in [6.07, 6.45) is 12.5. The lowest BCUT2D eigenvalue weighted by Crippen LogP contribution is -2.29. The van der Waals surface area contributed by atoms with Gasteiger partial charge in [-0.15, -0.1) is 0 Å².